The van der Waals surface area contributed by atoms with Gasteiger partial charge >= 0.3 is 0 Å². The summed E-state index contributed by atoms with van der Waals surface area (Å²) in [5.41, 5.74) is 0.975. The molecule has 0 radical (unpaired) electrons. The van der Waals surface area contributed by atoms with Crippen LogP contribution < -0.4 is 10.1 Å². The van der Waals surface area contributed by atoms with Gasteiger partial charge in [0, 0.05) is 33.7 Å². The molecule has 8 heteroatoms. The first kappa shape index (κ1) is 20.7. The van der Waals surface area contributed by atoms with Crippen molar-refractivity contribution >= 4 is 16.1 Å². The third kappa shape index (κ3) is 5.43. The lowest BCUT2D eigenvalue weighted by Crippen LogP contribution is -2.48. The standard InChI is InChI=1S/C18H29N3O4S/c1-14(2)25-17-9-7-15(8-10-17)12-19-18(22)16-6-5-11-21(13-16)26(23,24)20(3)4/h7-10,14,16H,5-6,11-13H2,1-4H3,(H,19,22). The molecule has 26 heavy (non-hydrogen) atoms. The molecule has 0 spiro atoms. The van der Waals surface area contributed by atoms with Crippen LogP contribution in [0.3, 0.4) is 0 Å². The fourth-order valence-corrected chi connectivity index (χ4v) is 4.08. The highest BCUT2D eigenvalue weighted by atomic mass is 32.2. The van der Waals surface area contributed by atoms with Crippen LogP contribution in [0.4, 0.5) is 0 Å². The number of rotatable bonds is 7. The Balaban J connectivity index is 1.89. The minimum absolute atomic E-state index is 0.105. The van der Waals surface area contributed by atoms with Crippen LogP contribution in [0.1, 0.15) is 32.3 Å². The Kier molecular flexibility index (Phi) is 7.02. The molecule has 1 aromatic rings. The molecule has 1 amide bonds. The molecule has 0 bridgehead atoms. The Morgan fingerprint density at radius 3 is 2.54 bits per heavy atom. The Morgan fingerprint density at radius 2 is 1.96 bits per heavy atom. The molecular weight excluding hydrogens is 354 g/mol. The number of benzene rings is 1. The van der Waals surface area contributed by atoms with Crippen molar-refractivity contribution in [3.8, 4) is 5.75 Å². The molecule has 0 aliphatic carbocycles. The smallest absolute Gasteiger partial charge is 0.281 e. The summed E-state index contributed by atoms with van der Waals surface area (Å²) >= 11 is 0. The Morgan fingerprint density at radius 1 is 1.31 bits per heavy atom. The zero-order valence-corrected chi connectivity index (χ0v) is 16.8. The van der Waals surface area contributed by atoms with Gasteiger partial charge in [0.15, 0.2) is 0 Å². The van der Waals surface area contributed by atoms with Gasteiger partial charge in [-0.3, -0.25) is 4.79 Å². The summed E-state index contributed by atoms with van der Waals surface area (Å²) in [4.78, 5) is 12.5. The summed E-state index contributed by atoms with van der Waals surface area (Å²) in [6.07, 6.45) is 1.51. The number of carbonyl (C=O) groups excluding carboxylic acids is 1. The minimum atomic E-state index is -3.48. The minimum Gasteiger partial charge on any atom is -0.491 e. The maximum Gasteiger partial charge on any atom is 0.281 e. The molecule has 1 heterocycles. The van der Waals surface area contributed by atoms with Crippen molar-refractivity contribution in [2.75, 3.05) is 27.2 Å². The van der Waals surface area contributed by atoms with E-state index in [-0.39, 0.29) is 24.5 Å². The predicted octanol–water partition coefficient (Wildman–Crippen LogP) is 1.61. The van der Waals surface area contributed by atoms with Gasteiger partial charge in [-0.2, -0.15) is 17.0 Å². The number of nitrogens with one attached hydrogen (secondary N) is 1. The lowest BCUT2D eigenvalue weighted by atomic mass is 9.99. The molecule has 1 saturated heterocycles. The van der Waals surface area contributed by atoms with Crippen molar-refractivity contribution < 1.29 is 17.9 Å². The van der Waals surface area contributed by atoms with Gasteiger partial charge in [0.1, 0.15) is 5.75 Å². The maximum atomic E-state index is 12.5. The average molecular weight is 384 g/mol. The second-order valence-electron chi connectivity index (χ2n) is 7.02. The highest BCUT2D eigenvalue weighted by Crippen LogP contribution is 2.21. The van der Waals surface area contributed by atoms with E-state index in [1.54, 1.807) is 0 Å². The van der Waals surface area contributed by atoms with E-state index in [0.717, 1.165) is 11.3 Å². The predicted molar refractivity (Wildman–Crippen MR) is 101 cm³/mol. The molecule has 1 aliphatic heterocycles. The first-order chi connectivity index (χ1) is 12.2. The lowest BCUT2D eigenvalue weighted by Gasteiger charge is -2.32. The highest BCUT2D eigenvalue weighted by molar-refractivity contribution is 7.86. The second-order valence-corrected chi connectivity index (χ2v) is 9.16. The molecule has 1 aromatic carbocycles. The Labute approximate surface area is 156 Å². The highest BCUT2D eigenvalue weighted by Gasteiger charge is 2.33. The summed E-state index contributed by atoms with van der Waals surface area (Å²) in [5.74, 6) is 0.375. The summed E-state index contributed by atoms with van der Waals surface area (Å²) in [7, 11) is -0.464. The van der Waals surface area contributed by atoms with E-state index >= 15 is 0 Å². The van der Waals surface area contributed by atoms with Crippen LogP contribution in [-0.2, 0) is 21.5 Å². The number of carbonyl (C=O) groups is 1. The third-order valence-electron chi connectivity index (χ3n) is 4.30. The summed E-state index contributed by atoms with van der Waals surface area (Å²) < 4.78 is 32.7. The van der Waals surface area contributed by atoms with Gasteiger partial charge in [-0.25, -0.2) is 0 Å². The SMILES string of the molecule is CC(C)Oc1ccc(CNC(=O)C2CCCN(S(=O)(=O)N(C)C)C2)cc1. The van der Waals surface area contributed by atoms with Crippen molar-refractivity contribution in [2.24, 2.45) is 5.92 Å². The first-order valence-corrected chi connectivity index (χ1v) is 10.3. The number of ether oxygens (including phenoxy) is 1. The number of hydrogen-bond acceptors (Lipinski definition) is 4. The van der Waals surface area contributed by atoms with E-state index in [0.29, 0.717) is 25.9 Å². The fourth-order valence-electron chi connectivity index (χ4n) is 2.89. The summed E-state index contributed by atoms with van der Waals surface area (Å²) in [5, 5.41) is 2.92. The molecule has 1 fully saturated rings. The van der Waals surface area contributed by atoms with Gasteiger partial charge in [0.05, 0.1) is 12.0 Å². The molecule has 0 saturated carbocycles. The van der Waals surface area contributed by atoms with Crippen LogP contribution in [0.25, 0.3) is 0 Å². The second kappa shape index (κ2) is 8.83. The van der Waals surface area contributed by atoms with Crippen LogP contribution in [0, 0.1) is 5.92 Å². The molecule has 0 aromatic heterocycles. The van der Waals surface area contributed by atoms with E-state index < -0.39 is 10.2 Å². The van der Waals surface area contributed by atoms with Gasteiger partial charge in [-0.15, -0.1) is 0 Å². The monoisotopic (exact) mass is 383 g/mol. The van der Waals surface area contributed by atoms with Crippen molar-refractivity contribution in [1.82, 2.24) is 13.9 Å². The topological polar surface area (TPSA) is 79.0 Å². The number of hydrogen-bond donors (Lipinski definition) is 1. The molecule has 1 N–H and O–H groups in total. The Bertz CT molecular complexity index is 702. The van der Waals surface area contributed by atoms with Crippen LogP contribution >= 0.6 is 0 Å². The van der Waals surface area contributed by atoms with Gasteiger partial charge in [-0.05, 0) is 44.4 Å². The zero-order valence-electron chi connectivity index (χ0n) is 15.9. The zero-order chi connectivity index (χ0) is 19.3. The number of piperidine rings is 1. The van der Waals surface area contributed by atoms with Crippen molar-refractivity contribution in [1.29, 1.82) is 0 Å². The third-order valence-corrected chi connectivity index (χ3v) is 6.21. The summed E-state index contributed by atoms with van der Waals surface area (Å²) in [6, 6.07) is 7.60. The van der Waals surface area contributed by atoms with Crippen LogP contribution in [0.5, 0.6) is 5.75 Å². The number of amides is 1. The summed E-state index contributed by atoms with van der Waals surface area (Å²) in [6.45, 7) is 5.04. The first-order valence-electron chi connectivity index (χ1n) is 8.91. The molecule has 146 valence electrons. The Hall–Kier alpha value is -1.64. The molecule has 1 unspecified atom stereocenters. The van der Waals surface area contributed by atoms with E-state index in [2.05, 4.69) is 5.32 Å². The van der Waals surface area contributed by atoms with Gasteiger partial charge < -0.3 is 10.1 Å². The lowest BCUT2D eigenvalue weighted by molar-refractivity contribution is -0.126. The molecule has 7 nitrogen and oxygen atoms in total. The molecule has 1 aliphatic rings. The maximum absolute atomic E-state index is 12.5. The van der Waals surface area contributed by atoms with Crippen LogP contribution in [0.15, 0.2) is 24.3 Å². The van der Waals surface area contributed by atoms with E-state index in [1.807, 2.05) is 38.1 Å². The number of nitrogens with zero attached hydrogens (tertiary/aromatic N) is 2. The van der Waals surface area contributed by atoms with E-state index in [4.69, 9.17) is 4.74 Å². The van der Waals surface area contributed by atoms with Gasteiger partial charge in [0.25, 0.3) is 10.2 Å². The largest absolute Gasteiger partial charge is 0.491 e. The van der Waals surface area contributed by atoms with Crippen LogP contribution in [-0.4, -0.2) is 56.2 Å². The van der Waals surface area contributed by atoms with Crippen molar-refractivity contribution in [3.63, 3.8) is 0 Å². The van der Waals surface area contributed by atoms with Gasteiger partial charge in [0.2, 0.25) is 5.91 Å². The fraction of sp³-hybridized carbons (Fsp3) is 0.611. The molecule has 2 rings (SSSR count). The average Bonchev–Trinajstić information content (AvgIpc) is 2.60. The van der Waals surface area contributed by atoms with Gasteiger partial charge in [-0.1, -0.05) is 12.1 Å². The quantitative estimate of drug-likeness (QED) is 0.776. The van der Waals surface area contributed by atoms with Crippen molar-refractivity contribution in [3.05, 3.63) is 29.8 Å². The van der Waals surface area contributed by atoms with E-state index in [1.165, 1.54) is 22.7 Å². The normalized spacial score (nSPS) is 18.9. The molecular formula is C18H29N3O4S. The van der Waals surface area contributed by atoms with Crippen molar-refractivity contribution in [2.45, 2.75) is 39.3 Å². The van der Waals surface area contributed by atoms with E-state index in [9.17, 15) is 13.2 Å². The van der Waals surface area contributed by atoms with Crippen LogP contribution in [0.2, 0.25) is 0 Å². The molecule has 1 atom stereocenters.